The van der Waals surface area contributed by atoms with Crippen LogP contribution in [0.25, 0.3) is 0 Å². The van der Waals surface area contributed by atoms with Crippen LogP contribution >= 0.6 is 11.8 Å². The molecular formula is C8H9N5S. The van der Waals surface area contributed by atoms with Crippen LogP contribution in [0.2, 0.25) is 0 Å². The van der Waals surface area contributed by atoms with Crippen LogP contribution in [0.15, 0.2) is 34.8 Å². The monoisotopic (exact) mass is 207 g/mol. The lowest BCUT2D eigenvalue weighted by molar-refractivity contribution is 0.738. The zero-order valence-electron chi connectivity index (χ0n) is 7.58. The summed E-state index contributed by atoms with van der Waals surface area (Å²) in [5, 5.41) is 5.74. The Bertz CT molecular complexity index is 425. The van der Waals surface area contributed by atoms with Crippen LogP contribution in [-0.4, -0.2) is 19.7 Å². The summed E-state index contributed by atoms with van der Waals surface area (Å²) in [6.07, 6.45) is 6.71. The molecule has 2 aromatic heterocycles. The maximum atomic E-state index is 5.74. The van der Waals surface area contributed by atoms with Crippen LogP contribution in [0.1, 0.15) is 0 Å². The number of anilines is 1. The van der Waals surface area contributed by atoms with Gasteiger partial charge in [0.2, 0.25) is 0 Å². The molecule has 0 aliphatic carbocycles. The Kier molecular flexibility index (Phi) is 2.36. The lowest BCUT2D eigenvalue weighted by atomic mass is 10.6. The molecule has 0 unspecified atom stereocenters. The van der Waals surface area contributed by atoms with Crippen molar-refractivity contribution < 1.29 is 0 Å². The normalized spacial score (nSPS) is 10.4. The van der Waals surface area contributed by atoms with Gasteiger partial charge in [-0.2, -0.15) is 5.10 Å². The summed E-state index contributed by atoms with van der Waals surface area (Å²) in [5.41, 5.74) is 6.39. The number of nitrogen functional groups attached to an aromatic ring is 1. The standard InChI is InChI=1S/C8H9N5S/c1-13-5-6(9)8(12-13)14-7-4-10-2-3-11-7/h2-5H,9H2,1H3. The van der Waals surface area contributed by atoms with Gasteiger partial charge in [-0.15, -0.1) is 0 Å². The maximum Gasteiger partial charge on any atom is 0.147 e. The van der Waals surface area contributed by atoms with E-state index in [2.05, 4.69) is 15.1 Å². The third kappa shape index (κ3) is 1.85. The highest BCUT2D eigenvalue weighted by Gasteiger charge is 2.06. The van der Waals surface area contributed by atoms with E-state index in [1.54, 1.807) is 29.5 Å². The van der Waals surface area contributed by atoms with Crippen LogP contribution in [0.5, 0.6) is 0 Å². The van der Waals surface area contributed by atoms with E-state index in [-0.39, 0.29) is 0 Å². The number of rotatable bonds is 2. The zero-order chi connectivity index (χ0) is 9.97. The number of nitrogens with two attached hydrogens (primary N) is 1. The minimum absolute atomic E-state index is 0.656. The van der Waals surface area contributed by atoms with E-state index in [4.69, 9.17) is 5.73 Å². The second kappa shape index (κ2) is 3.67. The van der Waals surface area contributed by atoms with Gasteiger partial charge in [0, 0.05) is 25.6 Å². The molecule has 0 spiro atoms. The molecule has 2 rings (SSSR count). The van der Waals surface area contributed by atoms with Crippen LogP contribution in [0, 0.1) is 0 Å². The SMILES string of the molecule is Cn1cc(N)c(Sc2cnccn2)n1. The Labute approximate surface area is 85.4 Å². The van der Waals surface area contributed by atoms with E-state index < -0.39 is 0 Å². The Morgan fingerprint density at radius 3 is 2.86 bits per heavy atom. The minimum Gasteiger partial charge on any atom is -0.395 e. The molecule has 0 aromatic carbocycles. The fourth-order valence-electron chi connectivity index (χ4n) is 1.00. The molecule has 0 saturated heterocycles. The van der Waals surface area contributed by atoms with Crippen LogP contribution < -0.4 is 5.73 Å². The average Bonchev–Trinajstić information content (AvgIpc) is 2.47. The average molecular weight is 207 g/mol. The van der Waals surface area contributed by atoms with Gasteiger partial charge in [0.1, 0.15) is 10.1 Å². The van der Waals surface area contributed by atoms with Crippen molar-refractivity contribution in [2.45, 2.75) is 10.1 Å². The van der Waals surface area contributed by atoms with Crippen LogP contribution in [-0.2, 0) is 7.05 Å². The highest BCUT2D eigenvalue weighted by atomic mass is 32.2. The first-order valence-corrected chi connectivity index (χ1v) is 4.80. The summed E-state index contributed by atoms with van der Waals surface area (Å²) in [7, 11) is 1.83. The Morgan fingerprint density at radius 1 is 1.43 bits per heavy atom. The molecule has 0 radical (unpaired) electrons. The number of hydrogen-bond acceptors (Lipinski definition) is 5. The van der Waals surface area contributed by atoms with Gasteiger partial charge in [-0.25, -0.2) is 4.98 Å². The van der Waals surface area contributed by atoms with Gasteiger partial charge in [0.15, 0.2) is 0 Å². The topological polar surface area (TPSA) is 69.6 Å². The molecule has 5 nitrogen and oxygen atoms in total. The molecule has 0 fully saturated rings. The molecule has 6 heteroatoms. The van der Waals surface area contributed by atoms with E-state index in [0.29, 0.717) is 5.69 Å². The van der Waals surface area contributed by atoms with Gasteiger partial charge in [-0.05, 0) is 11.8 Å². The predicted octanol–water partition coefficient (Wildman–Crippen LogP) is 0.944. The summed E-state index contributed by atoms with van der Waals surface area (Å²) in [6, 6.07) is 0. The Balaban J connectivity index is 2.23. The third-order valence-electron chi connectivity index (χ3n) is 1.56. The van der Waals surface area contributed by atoms with E-state index in [9.17, 15) is 0 Å². The molecule has 2 N–H and O–H groups in total. The number of nitrogens with zero attached hydrogens (tertiary/aromatic N) is 4. The quantitative estimate of drug-likeness (QED) is 0.793. The first-order chi connectivity index (χ1) is 6.75. The van der Waals surface area contributed by atoms with E-state index in [1.165, 1.54) is 11.8 Å². The fraction of sp³-hybridized carbons (Fsp3) is 0.125. The fourth-order valence-corrected chi connectivity index (χ4v) is 1.77. The molecule has 0 aliphatic rings. The molecule has 0 aliphatic heterocycles. The summed E-state index contributed by atoms with van der Waals surface area (Å²) in [5.74, 6) is 0. The number of aromatic nitrogens is 4. The van der Waals surface area contributed by atoms with Crippen molar-refractivity contribution >= 4 is 17.4 Å². The molecular weight excluding hydrogens is 198 g/mol. The van der Waals surface area contributed by atoms with Crippen LogP contribution in [0.3, 0.4) is 0 Å². The van der Waals surface area contributed by atoms with E-state index >= 15 is 0 Å². The second-order valence-corrected chi connectivity index (χ2v) is 3.72. The summed E-state index contributed by atoms with van der Waals surface area (Å²) < 4.78 is 1.67. The van der Waals surface area contributed by atoms with Crippen LogP contribution in [0.4, 0.5) is 5.69 Å². The van der Waals surface area contributed by atoms with Gasteiger partial charge < -0.3 is 5.73 Å². The zero-order valence-corrected chi connectivity index (χ0v) is 8.40. The summed E-state index contributed by atoms with van der Waals surface area (Å²) >= 11 is 1.40. The Hall–Kier alpha value is -1.56. The third-order valence-corrected chi connectivity index (χ3v) is 2.49. The number of hydrogen-bond donors (Lipinski definition) is 1. The van der Waals surface area contributed by atoms with Gasteiger partial charge in [0.25, 0.3) is 0 Å². The maximum absolute atomic E-state index is 5.74. The van der Waals surface area contributed by atoms with E-state index in [0.717, 1.165) is 10.1 Å². The summed E-state index contributed by atoms with van der Waals surface area (Å²) in [4.78, 5) is 8.08. The highest BCUT2D eigenvalue weighted by molar-refractivity contribution is 7.99. The van der Waals surface area contributed by atoms with Gasteiger partial charge in [0.05, 0.1) is 11.9 Å². The van der Waals surface area contributed by atoms with Crippen molar-refractivity contribution in [2.75, 3.05) is 5.73 Å². The van der Waals surface area contributed by atoms with Gasteiger partial charge in [-0.3, -0.25) is 9.67 Å². The van der Waals surface area contributed by atoms with Crippen molar-refractivity contribution in [1.29, 1.82) is 0 Å². The molecule has 2 heterocycles. The van der Waals surface area contributed by atoms with Crippen molar-refractivity contribution in [3.05, 3.63) is 24.8 Å². The van der Waals surface area contributed by atoms with Crippen molar-refractivity contribution in [1.82, 2.24) is 19.7 Å². The molecule has 14 heavy (non-hydrogen) atoms. The predicted molar refractivity (Wildman–Crippen MR) is 53.8 cm³/mol. The largest absolute Gasteiger partial charge is 0.395 e. The van der Waals surface area contributed by atoms with E-state index in [1.807, 2.05) is 7.05 Å². The molecule has 0 saturated carbocycles. The minimum atomic E-state index is 0.656. The second-order valence-electron chi connectivity index (χ2n) is 2.71. The van der Waals surface area contributed by atoms with Crippen molar-refractivity contribution in [3.8, 4) is 0 Å². The molecule has 72 valence electrons. The van der Waals surface area contributed by atoms with Gasteiger partial charge >= 0.3 is 0 Å². The molecule has 0 bridgehead atoms. The van der Waals surface area contributed by atoms with Crippen molar-refractivity contribution in [2.24, 2.45) is 7.05 Å². The Morgan fingerprint density at radius 2 is 2.29 bits per heavy atom. The molecule has 0 atom stereocenters. The number of aryl methyl sites for hydroxylation is 1. The molecule has 0 amide bonds. The highest BCUT2D eigenvalue weighted by Crippen LogP contribution is 2.27. The first-order valence-electron chi connectivity index (χ1n) is 3.98. The smallest absolute Gasteiger partial charge is 0.147 e. The lowest BCUT2D eigenvalue weighted by Crippen LogP contribution is -1.87. The summed E-state index contributed by atoms with van der Waals surface area (Å²) in [6.45, 7) is 0. The van der Waals surface area contributed by atoms with Gasteiger partial charge in [-0.1, -0.05) is 0 Å². The molecule has 2 aromatic rings. The lowest BCUT2D eigenvalue weighted by Gasteiger charge is -1.95. The first kappa shape index (κ1) is 9.01. The van der Waals surface area contributed by atoms with Crippen molar-refractivity contribution in [3.63, 3.8) is 0 Å².